The average Bonchev–Trinajstić information content (AvgIpc) is 2.49. The topological polar surface area (TPSA) is 37.4 Å². The normalized spacial score (nSPS) is 15.7. The Morgan fingerprint density at radius 2 is 1.71 bits per heavy atom. The number of halogens is 2. The summed E-state index contributed by atoms with van der Waals surface area (Å²) in [7, 11) is -3.64. The molecule has 0 unspecified atom stereocenters. The predicted molar refractivity (Wildman–Crippen MR) is 84.2 cm³/mol. The van der Waals surface area contributed by atoms with Gasteiger partial charge in [-0.2, -0.15) is 4.31 Å². The number of hydrogen-bond donors (Lipinski definition) is 0. The second-order valence-corrected chi connectivity index (χ2v) is 7.68. The summed E-state index contributed by atoms with van der Waals surface area (Å²) in [4.78, 5) is 0.0658. The van der Waals surface area contributed by atoms with E-state index in [1.807, 2.05) is 24.3 Å². The Balaban J connectivity index is 1.99. The molecule has 2 aromatic carbocycles. The van der Waals surface area contributed by atoms with E-state index in [1.54, 1.807) is 6.07 Å². The van der Waals surface area contributed by atoms with Crippen molar-refractivity contribution >= 4 is 33.2 Å². The van der Waals surface area contributed by atoms with Crippen LogP contribution in [0.5, 0.6) is 0 Å². The zero-order valence-electron chi connectivity index (χ0n) is 11.1. The number of benzene rings is 2. The van der Waals surface area contributed by atoms with Crippen LogP contribution in [0.1, 0.15) is 11.1 Å². The van der Waals surface area contributed by atoms with Gasteiger partial charge in [-0.3, -0.25) is 0 Å². The quantitative estimate of drug-likeness (QED) is 0.834. The van der Waals surface area contributed by atoms with Crippen LogP contribution in [-0.2, 0) is 23.0 Å². The molecule has 0 N–H and O–H groups in total. The first kappa shape index (κ1) is 14.9. The first-order chi connectivity index (χ1) is 9.98. The molecule has 0 atom stereocenters. The molecule has 0 saturated heterocycles. The summed E-state index contributed by atoms with van der Waals surface area (Å²) in [6.07, 6.45) is 0.702. The van der Waals surface area contributed by atoms with Crippen LogP contribution in [0.2, 0.25) is 10.0 Å². The monoisotopic (exact) mass is 341 g/mol. The van der Waals surface area contributed by atoms with Crippen molar-refractivity contribution in [1.82, 2.24) is 4.31 Å². The van der Waals surface area contributed by atoms with Gasteiger partial charge in [-0.15, -0.1) is 0 Å². The molecule has 6 heteroatoms. The molecule has 1 heterocycles. The third-order valence-corrected chi connectivity index (χ3v) is 6.17. The third kappa shape index (κ3) is 2.81. The fourth-order valence-corrected chi connectivity index (χ4v) is 4.65. The van der Waals surface area contributed by atoms with Gasteiger partial charge >= 0.3 is 0 Å². The molecule has 3 nitrogen and oxygen atoms in total. The number of sulfonamides is 1. The van der Waals surface area contributed by atoms with Gasteiger partial charge < -0.3 is 0 Å². The molecule has 0 radical (unpaired) electrons. The summed E-state index contributed by atoms with van der Waals surface area (Å²) in [6, 6.07) is 12.4. The van der Waals surface area contributed by atoms with E-state index in [9.17, 15) is 8.42 Å². The van der Waals surface area contributed by atoms with Crippen LogP contribution in [0.4, 0.5) is 0 Å². The van der Waals surface area contributed by atoms with Crippen LogP contribution in [0, 0.1) is 0 Å². The minimum Gasteiger partial charge on any atom is -0.207 e. The van der Waals surface area contributed by atoms with Crippen molar-refractivity contribution in [3.63, 3.8) is 0 Å². The molecule has 2 aromatic rings. The molecule has 0 spiro atoms. The first-order valence-corrected chi connectivity index (χ1v) is 8.70. The second kappa shape index (κ2) is 5.61. The zero-order valence-corrected chi connectivity index (χ0v) is 13.4. The molecule has 0 aliphatic carbocycles. The molecule has 0 amide bonds. The molecular formula is C15H13Cl2NO2S. The van der Waals surface area contributed by atoms with Gasteiger partial charge in [0, 0.05) is 18.1 Å². The highest BCUT2D eigenvalue weighted by Gasteiger charge is 2.29. The van der Waals surface area contributed by atoms with E-state index in [1.165, 1.54) is 22.0 Å². The average molecular weight is 342 g/mol. The Morgan fingerprint density at radius 1 is 1.00 bits per heavy atom. The minimum absolute atomic E-state index is 0.0658. The molecule has 3 rings (SSSR count). The van der Waals surface area contributed by atoms with Crippen LogP contribution in [-0.4, -0.2) is 19.3 Å². The Kier molecular flexibility index (Phi) is 3.97. The van der Waals surface area contributed by atoms with Crippen LogP contribution >= 0.6 is 23.2 Å². The van der Waals surface area contributed by atoms with Crippen molar-refractivity contribution in [3.8, 4) is 0 Å². The standard InChI is InChI=1S/C15H13Cl2NO2S/c16-13-5-6-14(17)15(9-13)21(19,20)18-8-7-11-3-1-2-4-12(11)10-18/h1-6,9H,7-8,10H2. The lowest BCUT2D eigenvalue weighted by Crippen LogP contribution is -2.36. The lowest BCUT2D eigenvalue weighted by atomic mass is 10.0. The Hall–Kier alpha value is -1.07. The summed E-state index contributed by atoms with van der Waals surface area (Å²) >= 11 is 11.9. The third-order valence-electron chi connectivity index (χ3n) is 3.61. The first-order valence-electron chi connectivity index (χ1n) is 6.50. The maximum Gasteiger partial charge on any atom is 0.244 e. The molecule has 1 aliphatic rings. The van der Waals surface area contributed by atoms with Gasteiger partial charge in [0.1, 0.15) is 4.90 Å². The smallest absolute Gasteiger partial charge is 0.207 e. The Bertz CT molecular complexity index is 790. The van der Waals surface area contributed by atoms with E-state index in [4.69, 9.17) is 23.2 Å². The number of fused-ring (bicyclic) bond motifs is 1. The molecule has 0 bridgehead atoms. The van der Waals surface area contributed by atoms with Crippen molar-refractivity contribution in [1.29, 1.82) is 0 Å². The van der Waals surface area contributed by atoms with Crippen molar-refractivity contribution in [2.75, 3.05) is 6.54 Å². The second-order valence-electron chi connectivity index (χ2n) is 4.93. The van der Waals surface area contributed by atoms with Crippen LogP contribution < -0.4 is 0 Å². The number of nitrogens with zero attached hydrogens (tertiary/aromatic N) is 1. The zero-order chi connectivity index (χ0) is 15.0. The van der Waals surface area contributed by atoms with Gasteiger partial charge in [0.25, 0.3) is 0 Å². The minimum atomic E-state index is -3.64. The highest BCUT2D eigenvalue weighted by atomic mass is 35.5. The summed E-state index contributed by atoms with van der Waals surface area (Å²) in [6.45, 7) is 0.809. The summed E-state index contributed by atoms with van der Waals surface area (Å²) < 4.78 is 27.0. The van der Waals surface area contributed by atoms with Gasteiger partial charge in [0.15, 0.2) is 0 Å². The fourth-order valence-electron chi connectivity index (χ4n) is 2.49. The van der Waals surface area contributed by atoms with Gasteiger partial charge in [0.2, 0.25) is 10.0 Å². The van der Waals surface area contributed by atoms with E-state index in [-0.39, 0.29) is 9.92 Å². The summed E-state index contributed by atoms with van der Waals surface area (Å²) in [5.41, 5.74) is 2.23. The lowest BCUT2D eigenvalue weighted by molar-refractivity contribution is 0.391. The van der Waals surface area contributed by atoms with Gasteiger partial charge in [-0.05, 0) is 35.7 Å². The van der Waals surface area contributed by atoms with Crippen molar-refractivity contribution < 1.29 is 8.42 Å². The highest BCUT2D eigenvalue weighted by molar-refractivity contribution is 7.89. The largest absolute Gasteiger partial charge is 0.244 e. The lowest BCUT2D eigenvalue weighted by Gasteiger charge is -2.28. The molecule has 110 valence electrons. The molecular weight excluding hydrogens is 329 g/mol. The van der Waals surface area contributed by atoms with E-state index < -0.39 is 10.0 Å². The van der Waals surface area contributed by atoms with Crippen molar-refractivity contribution in [3.05, 3.63) is 63.6 Å². The molecule has 1 aliphatic heterocycles. The number of hydrogen-bond acceptors (Lipinski definition) is 2. The maximum absolute atomic E-state index is 12.8. The van der Waals surface area contributed by atoms with E-state index in [2.05, 4.69) is 0 Å². The maximum atomic E-state index is 12.8. The summed E-state index contributed by atoms with van der Waals surface area (Å²) in [5.74, 6) is 0. The van der Waals surface area contributed by atoms with Gasteiger partial charge in [0.05, 0.1) is 5.02 Å². The molecule has 0 saturated carbocycles. The van der Waals surface area contributed by atoms with Gasteiger partial charge in [-0.25, -0.2) is 8.42 Å². The number of rotatable bonds is 2. The Labute approximate surface area is 134 Å². The van der Waals surface area contributed by atoms with E-state index in [0.29, 0.717) is 24.5 Å². The Morgan fingerprint density at radius 3 is 2.48 bits per heavy atom. The van der Waals surface area contributed by atoms with Gasteiger partial charge in [-0.1, -0.05) is 47.5 Å². The van der Waals surface area contributed by atoms with E-state index in [0.717, 1.165) is 5.56 Å². The molecule has 21 heavy (non-hydrogen) atoms. The summed E-state index contributed by atoms with van der Waals surface area (Å²) in [5, 5.41) is 0.550. The van der Waals surface area contributed by atoms with Crippen molar-refractivity contribution in [2.45, 2.75) is 17.9 Å². The van der Waals surface area contributed by atoms with Crippen LogP contribution in [0.25, 0.3) is 0 Å². The van der Waals surface area contributed by atoms with Crippen LogP contribution in [0.15, 0.2) is 47.4 Å². The van der Waals surface area contributed by atoms with E-state index >= 15 is 0 Å². The predicted octanol–water partition coefficient (Wildman–Crippen LogP) is 3.74. The fraction of sp³-hybridized carbons (Fsp3) is 0.200. The van der Waals surface area contributed by atoms with Crippen LogP contribution in [0.3, 0.4) is 0 Å². The van der Waals surface area contributed by atoms with Crippen molar-refractivity contribution in [2.24, 2.45) is 0 Å². The SMILES string of the molecule is O=S(=O)(c1cc(Cl)ccc1Cl)N1CCc2ccccc2C1. The highest BCUT2D eigenvalue weighted by Crippen LogP contribution is 2.30. The molecule has 0 fully saturated rings. The molecule has 0 aromatic heterocycles.